The molecule has 5 aliphatic carbocycles. The molecule has 5 rings (SSSR count). The van der Waals surface area contributed by atoms with Gasteiger partial charge < -0.3 is 5.73 Å². The quantitative estimate of drug-likeness (QED) is 0.505. The Bertz CT molecular complexity index is 620. The van der Waals surface area contributed by atoms with Crippen LogP contribution in [-0.2, 0) is 0 Å². The molecule has 8 atom stereocenters. The van der Waals surface area contributed by atoms with Crippen molar-refractivity contribution < 1.29 is 0 Å². The van der Waals surface area contributed by atoms with E-state index in [2.05, 4.69) is 39.8 Å². The SMILES string of the molecule is CC1(C)C=CCC2(C)C1CCC1(C)C3CCC4(N)CCC[C@@H]4C3CCC12. The smallest absolute Gasteiger partial charge is 0.0185 e. The second-order valence-electron chi connectivity index (χ2n) is 12.2. The van der Waals surface area contributed by atoms with Gasteiger partial charge in [0.2, 0.25) is 0 Å². The number of rotatable bonds is 0. The second-order valence-corrected chi connectivity index (χ2v) is 12.2. The van der Waals surface area contributed by atoms with E-state index in [9.17, 15) is 0 Å². The highest BCUT2D eigenvalue weighted by Gasteiger charge is 2.64. The Labute approximate surface area is 161 Å². The zero-order valence-electron chi connectivity index (χ0n) is 17.7. The molecule has 0 bridgehead atoms. The molecule has 0 spiro atoms. The molecule has 2 N–H and O–H groups in total. The van der Waals surface area contributed by atoms with Crippen LogP contribution in [0.3, 0.4) is 0 Å². The number of fused-ring (bicyclic) bond motifs is 7. The minimum absolute atomic E-state index is 0.209. The van der Waals surface area contributed by atoms with Crippen LogP contribution in [0.15, 0.2) is 12.2 Å². The highest BCUT2D eigenvalue weighted by molar-refractivity contribution is 5.19. The van der Waals surface area contributed by atoms with Gasteiger partial charge in [0, 0.05) is 5.54 Å². The topological polar surface area (TPSA) is 26.0 Å². The molecule has 0 aromatic carbocycles. The molecule has 0 radical (unpaired) electrons. The molecular weight excluding hydrogens is 314 g/mol. The van der Waals surface area contributed by atoms with E-state index in [1.54, 1.807) is 0 Å². The van der Waals surface area contributed by atoms with Gasteiger partial charge in [0.05, 0.1) is 0 Å². The lowest BCUT2D eigenvalue weighted by Gasteiger charge is -2.67. The fourth-order valence-electron chi connectivity index (χ4n) is 9.87. The lowest BCUT2D eigenvalue weighted by Crippen LogP contribution is -2.62. The van der Waals surface area contributed by atoms with E-state index in [-0.39, 0.29) is 5.54 Å². The van der Waals surface area contributed by atoms with Crippen LogP contribution in [0.4, 0.5) is 0 Å². The molecule has 0 aromatic rings. The Morgan fingerprint density at radius 2 is 1.58 bits per heavy atom. The van der Waals surface area contributed by atoms with Crippen molar-refractivity contribution in [3.8, 4) is 0 Å². The summed E-state index contributed by atoms with van der Waals surface area (Å²) in [5.74, 6) is 4.52. The molecule has 0 saturated heterocycles. The van der Waals surface area contributed by atoms with E-state index in [4.69, 9.17) is 5.73 Å². The molecule has 146 valence electrons. The Hall–Kier alpha value is -0.300. The van der Waals surface area contributed by atoms with Gasteiger partial charge in [-0.05, 0) is 104 Å². The van der Waals surface area contributed by atoms with Gasteiger partial charge in [0.15, 0.2) is 0 Å². The molecule has 4 saturated carbocycles. The molecular formula is C25H41N. The van der Waals surface area contributed by atoms with Gasteiger partial charge in [0.1, 0.15) is 0 Å². The van der Waals surface area contributed by atoms with Crippen molar-refractivity contribution in [3.05, 3.63) is 12.2 Å². The van der Waals surface area contributed by atoms with Gasteiger partial charge in [0.25, 0.3) is 0 Å². The maximum Gasteiger partial charge on any atom is 0.0185 e. The predicted octanol–water partition coefficient (Wildman–Crippen LogP) is 6.33. The maximum atomic E-state index is 6.94. The van der Waals surface area contributed by atoms with E-state index in [0.717, 1.165) is 29.6 Å². The van der Waals surface area contributed by atoms with E-state index in [1.165, 1.54) is 64.2 Å². The lowest BCUT2D eigenvalue weighted by atomic mass is 9.37. The monoisotopic (exact) mass is 355 g/mol. The van der Waals surface area contributed by atoms with Gasteiger partial charge >= 0.3 is 0 Å². The summed E-state index contributed by atoms with van der Waals surface area (Å²) in [4.78, 5) is 0. The molecule has 0 amide bonds. The van der Waals surface area contributed by atoms with E-state index < -0.39 is 0 Å². The first-order chi connectivity index (χ1) is 12.2. The summed E-state index contributed by atoms with van der Waals surface area (Å²) in [6, 6.07) is 0. The Balaban J connectivity index is 1.50. The third kappa shape index (κ3) is 2.13. The van der Waals surface area contributed by atoms with Crippen LogP contribution in [0.1, 0.15) is 91.9 Å². The van der Waals surface area contributed by atoms with E-state index in [0.29, 0.717) is 16.2 Å². The van der Waals surface area contributed by atoms with Gasteiger partial charge in [-0.2, -0.15) is 0 Å². The standard InChI is InChI=1S/C25H41N/c1-22(2)12-6-13-24(4)20(22)11-15-23(3)18-10-16-25(26)14-5-7-19(25)17(18)8-9-21(23)24/h6,12,17-21H,5,7-11,13-16,26H2,1-4H3/t17?,18?,19-,20?,21?,23?,24?,25?/m1/s1. The van der Waals surface area contributed by atoms with Crippen molar-refractivity contribution in [2.75, 3.05) is 0 Å². The van der Waals surface area contributed by atoms with Crippen molar-refractivity contribution in [2.45, 2.75) is 97.4 Å². The van der Waals surface area contributed by atoms with Crippen LogP contribution in [0, 0.1) is 45.8 Å². The van der Waals surface area contributed by atoms with Crippen molar-refractivity contribution >= 4 is 0 Å². The van der Waals surface area contributed by atoms with Gasteiger partial charge in [-0.15, -0.1) is 0 Å². The first-order valence-electron chi connectivity index (χ1n) is 11.7. The number of hydrogen-bond donors (Lipinski definition) is 1. The van der Waals surface area contributed by atoms with Gasteiger partial charge in [-0.25, -0.2) is 0 Å². The van der Waals surface area contributed by atoms with Crippen LogP contribution < -0.4 is 5.73 Å². The molecule has 0 aromatic heterocycles. The Morgan fingerprint density at radius 3 is 2.38 bits per heavy atom. The third-order valence-electron chi connectivity index (χ3n) is 10.8. The summed E-state index contributed by atoms with van der Waals surface area (Å²) in [6.45, 7) is 10.4. The first kappa shape index (κ1) is 17.8. The number of hydrogen-bond acceptors (Lipinski definition) is 1. The van der Waals surface area contributed by atoms with Crippen LogP contribution in [0.2, 0.25) is 0 Å². The van der Waals surface area contributed by atoms with E-state index in [1.807, 2.05) is 0 Å². The summed E-state index contributed by atoms with van der Waals surface area (Å²) in [7, 11) is 0. The number of allylic oxidation sites excluding steroid dienone is 2. The Morgan fingerprint density at radius 1 is 0.769 bits per heavy atom. The molecule has 26 heavy (non-hydrogen) atoms. The average Bonchev–Trinajstić information content (AvgIpc) is 2.95. The van der Waals surface area contributed by atoms with Crippen LogP contribution in [0.25, 0.3) is 0 Å². The normalized spacial score (nSPS) is 57.7. The average molecular weight is 356 g/mol. The minimum Gasteiger partial charge on any atom is -0.325 e. The second kappa shape index (κ2) is 5.40. The summed E-state index contributed by atoms with van der Waals surface area (Å²) in [5, 5.41) is 0. The molecule has 7 unspecified atom stereocenters. The van der Waals surface area contributed by atoms with Crippen LogP contribution in [-0.4, -0.2) is 5.54 Å². The summed E-state index contributed by atoms with van der Waals surface area (Å²) >= 11 is 0. The van der Waals surface area contributed by atoms with Crippen LogP contribution >= 0.6 is 0 Å². The fraction of sp³-hybridized carbons (Fsp3) is 0.920. The van der Waals surface area contributed by atoms with Gasteiger partial charge in [-0.3, -0.25) is 0 Å². The molecule has 5 aliphatic rings. The molecule has 1 heteroatoms. The molecule has 0 heterocycles. The largest absolute Gasteiger partial charge is 0.325 e. The summed E-state index contributed by atoms with van der Waals surface area (Å²) in [6.07, 6.45) is 19.1. The fourth-order valence-corrected chi connectivity index (χ4v) is 9.87. The molecule has 4 fully saturated rings. The highest BCUT2D eigenvalue weighted by atomic mass is 14.8. The first-order valence-corrected chi connectivity index (χ1v) is 11.7. The van der Waals surface area contributed by atoms with Gasteiger partial charge in [-0.1, -0.05) is 46.3 Å². The van der Waals surface area contributed by atoms with Crippen LogP contribution in [0.5, 0.6) is 0 Å². The van der Waals surface area contributed by atoms with Crippen molar-refractivity contribution in [3.63, 3.8) is 0 Å². The van der Waals surface area contributed by atoms with Crippen molar-refractivity contribution in [2.24, 2.45) is 51.6 Å². The minimum atomic E-state index is 0.209. The summed E-state index contributed by atoms with van der Waals surface area (Å²) in [5.41, 5.74) is 8.62. The zero-order valence-corrected chi connectivity index (χ0v) is 17.7. The van der Waals surface area contributed by atoms with Crippen molar-refractivity contribution in [1.29, 1.82) is 0 Å². The predicted molar refractivity (Wildman–Crippen MR) is 110 cm³/mol. The van der Waals surface area contributed by atoms with E-state index >= 15 is 0 Å². The van der Waals surface area contributed by atoms with Crippen molar-refractivity contribution in [1.82, 2.24) is 0 Å². The third-order valence-corrected chi connectivity index (χ3v) is 10.8. The summed E-state index contributed by atoms with van der Waals surface area (Å²) < 4.78 is 0. The Kier molecular flexibility index (Phi) is 3.69. The lowest BCUT2D eigenvalue weighted by molar-refractivity contribution is -0.172. The maximum absolute atomic E-state index is 6.94. The molecule has 0 aliphatic heterocycles. The molecule has 1 nitrogen and oxygen atoms in total. The zero-order chi connectivity index (χ0) is 18.4. The number of nitrogens with two attached hydrogens (primary N) is 1. The highest BCUT2D eigenvalue weighted by Crippen LogP contribution is 2.71.